The van der Waals surface area contributed by atoms with Crippen molar-refractivity contribution >= 4 is 0 Å². The molecule has 0 aromatic heterocycles. The first-order chi connectivity index (χ1) is 8.18. The minimum absolute atomic E-state index is 0.338. The molecule has 1 aliphatic heterocycles. The number of aliphatic hydroxyl groups is 1. The van der Waals surface area contributed by atoms with Gasteiger partial charge in [-0.2, -0.15) is 0 Å². The lowest BCUT2D eigenvalue weighted by molar-refractivity contribution is -0.0782. The van der Waals surface area contributed by atoms with Crippen molar-refractivity contribution in [1.29, 1.82) is 0 Å². The molecule has 0 aliphatic carbocycles. The van der Waals surface area contributed by atoms with Crippen LogP contribution >= 0.6 is 0 Å². The SMILES string of the molecule is NCC1(C(O)c2cccc(F)c2)CCCOC1. The molecule has 3 N–H and O–H groups in total. The number of nitrogens with two attached hydrogens (primary N) is 1. The molecule has 17 heavy (non-hydrogen) atoms. The summed E-state index contributed by atoms with van der Waals surface area (Å²) < 4.78 is 18.6. The van der Waals surface area contributed by atoms with Crippen LogP contribution in [0.2, 0.25) is 0 Å². The molecule has 4 heteroatoms. The van der Waals surface area contributed by atoms with Crippen molar-refractivity contribution in [2.24, 2.45) is 11.1 Å². The van der Waals surface area contributed by atoms with Gasteiger partial charge >= 0.3 is 0 Å². The van der Waals surface area contributed by atoms with E-state index in [0.717, 1.165) is 12.8 Å². The second kappa shape index (κ2) is 5.12. The molecule has 2 rings (SSSR count). The fourth-order valence-corrected chi connectivity index (χ4v) is 2.39. The van der Waals surface area contributed by atoms with E-state index < -0.39 is 11.5 Å². The van der Waals surface area contributed by atoms with E-state index >= 15 is 0 Å². The molecule has 0 amide bonds. The van der Waals surface area contributed by atoms with E-state index in [2.05, 4.69) is 0 Å². The van der Waals surface area contributed by atoms with Crippen molar-refractivity contribution < 1.29 is 14.2 Å². The Morgan fingerprint density at radius 1 is 1.53 bits per heavy atom. The highest BCUT2D eigenvalue weighted by atomic mass is 19.1. The molecule has 0 saturated carbocycles. The van der Waals surface area contributed by atoms with Crippen LogP contribution in [0.15, 0.2) is 24.3 Å². The molecular weight excluding hydrogens is 221 g/mol. The highest BCUT2D eigenvalue weighted by Gasteiger charge is 2.39. The van der Waals surface area contributed by atoms with E-state index in [-0.39, 0.29) is 5.82 Å². The zero-order valence-corrected chi connectivity index (χ0v) is 9.73. The van der Waals surface area contributed by atoms with Crippen molar-refractivity contribution in [1.82, 2.24) is 0 Å². The average Bonchev–Trinajstić information content (AvgIpc) is 2.38. The van der Waals surface area contributed by atoms with Crippen LogP contribution < -0.4 is 5.73 Å². The third-order valence-electron chi connectivity index (χ3n) is 3.50. The summed E-state index contributed by atoms with van der Waals surface area (Å²) >= 11 is 0. The van der Waals surface area contributed by atoms with Crippen molar-refractivity contribution in [2.45, 2.75) is 18.9 Å². The standard InChI is InChI=1S/C13H18FNO2/c14-11-4-1-3-10(7-11)12(16)13(8-15)5-2-6-17-9-13/h1,3-4,7,12,16H,2,5-6,8-9,15H2. The van der Waals surface area contributed by atoms with E-state index in [4.69, 9.17) is 10.5 Å². The van der Waals surface area contributed by atoms with E-state index in [9.17, 15) is 9.50 Å². The second-order valence-electron chi connectivity index (χ2n) is 4.68. The van der Waals surface area contributed by atoms with Crippen LogP contribution in [-0.2, 0) is 4.74 Å². The normalized spacial score (nSPS) is 26.8. The first kappa shape index (κ1) is 12.5. The van der Waals surface area contributed by atoms with Crippen LogP contribution in [0.25, 0.3) is 0 Å². The summed E-state index contributed by atoms with van der Waals surface area (Å²) in [5, 5.41) is 10.4. The number of ether oxygens (including phenoxy) is 1. The Hall–Kier alpha value is -0.970. The number of halogens is 1. The lowest BCUT2D eigenvalue weighted by atomic mass is 9.75. The monoisotopic (exact) mass is 239 g/mol. The highest BCUT2D eigenvalue weighted by molar-refractivity contribution is 5.21. The number of rotatable bonds is 3. The molecule has 0 bridgehead atoms. The molecule has 1 aromatic rings. The van der Waals surface area contributed by atoms with Gasteiger partial charge in [-0.3, -0.25) is 0 Å². The maximum atomic E-state index is 13.1. The van der Waals surface area contributed by atoms with E-state index in [0.29, 0.717) is 25.3 Å². The van der Waals surface area contributed by atoms with Gasteiger partial charge in [0.05, 0.1) is 12.7 Å². The summed E-state index contributed by atoms with van der Waals surface area (Å²) in [6, 6.07) is 6.04. The molecule has 2 atom stereocenters. The fraction of sp³-hybridized carbons (Fsp3) is 0.538. The highest BCUT2D eigenvalue weighted by Crippen LogP contribution is 2.40. The topological polar surface area (TPSA) is 55.5 Å². The number of hydrogen-bond donors (Lipinski definition) is 2. The van der Waals surface area contributed by atoms with E-state index in [1.807, 2.05) is 0 Å². The molecule has 1 aromatic carbocycles. The van der Waals surface area contributed by atoms with Gasteiger partial charge in [0.2, 0.25) is 0 Å². The van der Waals surface area contributed by atoms with Gasteiger partial charge in [-0.1, -0.05) is 12.1 Å². The van der Waals surface area contributed by atoms with Gasteiger partial charge in [0.25, 0.3) is 0 Å². The third kappa shape index (κ3) is 2.49. The van der Waals surface area contributed by atoms with Crippen LogP contribution in [-0.4, -0.2) is 24.9 Å². The summed E-state index contributed by atoms with van der Waals surface area (Å²) in [7, 11) is 0. The van der Waals surface area contributed by atoms with E-state index in [1.165, 1.54) is 12.1 Å². The summed E-state index contributed by atoms with van der Waals surface area (Å²) in [5.41, 5.74) is 5.87. The Kier molecular flexibility index (Phi) is 3.76. The molecule has 0 spiro atoms. The Balaban J connectivity index is 2.24. The van der Waals surface area contributed by atoms with Gasteiger partial charge < -0.3 is 15.6 Å². The molecular formula is C13H18FNO2. The van der Waals surface area contributed by atoms with Crippen LogP contribution in [0.3, 0.4) is 0 Å². The summed E-state index contributed by atoms with van der Waals surface area (Å²) in [4.78, 5) is 0. The Labute approximate surface area is 100 Å². The zero-order valence-electron chi connectivity index (χ0n) is 9.73. The minimum atomic E-state index is -0.775. The third-order valence-corrected chi connectivity index (χ3v) is 3.50. The zero-order chi connectivity index (χ0) is 12.3. The number of benzene rings is 1. The predicted molar refractivity (Wildman–Crippen MR) is 62.9 cm³/mol. The second-order valence-corrected chi connectivity index (χ2v) is 4.68. The molecule has 1 heterocycles. The van der Waals surface area contributed by atoms with Gasteiger partial charge in [0.15, 0.2) is 0 Å². The average molecular weight is 239 g/mol. The quantitative estimate of drug-likeness (QED) is 0.842. The van der Waals surface area contributed by atoms with E-state index in [1.54, 1.807) is 12.1 Å². The molecule has 0 radical (unpaired) electrons. The molecule has 2 unspecified atom stereocenters. The summed E-state index contributed by atoms with van der Waals surface area (Å²) in [5.74, 6) is -0.342. The molecule has 1 saturated heterocycles. The van der Waals surface area contributed by atoms with Crippen LogP contribution in [0.1, 0.15) is 24.5 Å². The van der Waals surface area contributed by atoms with Crippen molar-refractivity contribution in [3.63, 3.8) is 0 Å². The van der Waals surface area contributed by atoms with Gasteiger partial charge in [-0.25, -0.2) is 4.39 Å². The fourth-order valence-electron chi connectivity index (χ4n) is 2.39. The van der Waals surface area contributed by atoms with Crippen molar-refractivity contribution in [2.75, 3.05) is 19.8 Å². The Bertz CT molecular complexity index is 377. The maximum absolute atomic E-state index is 13.1. The largest absolute Gasteiger partial charge is 0.388 e. The predicted octanol–water partition coefficient (Wildman–Crippen LogP) is 1.61. The summed E-state index contributed by atoms with van der Waals surface area (Å²) in [6.07, 6.45) is 0.911. The molecule has 1 aliphatic rings. The van der Waals surface area contributed by atoms with Crippen LogP contribution in [0.4, 0.5) is 4.39 Å². The Morgan fingerprint density at radius 3 is 2.94 bits per heavy atom. The lowest BCUT2D eigenvalue weighted by Crippen LogP contribution is -2.43. The molecule has 1 fully saturated rings. The summed E-state index contributed by atoms with van der Waals surface area (Å²) in [6.45, 7) is 1.48. The first-order valence-electron chi connectivity index (χ1n) is 5.89. The smallest absolute Gasteiger partial charge is 0.123 e. The molecule has 94 valence electrons. The minimum Gasteiger partial charge on any atom is -0.388 e. The van der Waals surface area contributed by atoms with Crippen molar-refractivity contribution in [3.8, 4) is 0 Å². The maximum Gasteiger partial charge on any atom is 0.123 e. The van der Waals surface area contributed by atoms with Gasteiger partial charge in [-0.15, -0.1) is 0 Å². The van der Waals surface area contributed by atoms with Crippen LogP contribution in [0.5, 0.6) is 0 Å². The number of hydrogen-bond acceptors (Lipinski definition) is 3. The van der Waals surface area contributed by atoms with Crippen LogP contribution in [0, 0.1) is 11.2 Å². The molecule has 3 nitrogen and oxygen atoms in total. The first-order valence-corrected chi connectivity index (χ1v) is 5.89. The van der Waals surface area contributed by atoms with Gasteiger partial charge in [-0.05, 0) is 30.5 Å². The Morgan fingerprint density at radius 2 is 2.35 bits per heavy atom. The lowest BCUT2D eigenvalue weighted by Gasteiger charge is -2.40. The number of aliphatic hydroxyl groups excluding tert-OH is 1. The van der Waals surface area contributed by atoms with Crippen molar-refractivity contribution in [3.05, 3.63) is 35.6 Å². The van der Waals surface area contributed by atoms with Gasteiger partial charge in [0.1, 0.15) is 5.82 Å². The van der Waals surface area contributed by atoms with Gasteiger partial charge in [0, 0.05) is 18.6 Å².